The van der Waals surface area contributed by atoms with E-state index in [1.807, 2.05) is 16.8 Å². The molecule has 2 aromatic heterocycles. The van der Waals surface area contributed by atoms with Crippen LogP contribution in [0.1, 0.15) is 32.6 Å². The molecular weight excluding hydrogens is 334 g/mol. The molecule has 1 fully saturated rings. The van der Waals surface area contributed by atoms with Gasteiger partial charge in [-0.3, -0.25) is 0 Å². The molecule has 0 aromatic carbocycles. The zero-order valence-corrected chi connectivity index (χ0v) is 14.9. The summed E-state index contributed by atoms with van der Waals surface area (Å²) in [5, 5.41) is 7.58. The largest absolute Gasteiger partial charge is 0.339 e. The van der Waals surface area contributed by atoms with Crippen molar-refractivity contribution in [3.05, 3.63) is 22.7 Å². The van der Waals surface area contributed by atoms with Crippen LogP contribution in [-0.2, 0) is 16.4 Å². The maximum atomic E-state index is 12.3. The van der Waals surface area contributed by atoms with E-state index in [-0.39, 0.29) is 11.2 Å². The summed E-state index contributed by atoms with van der Waals surface area (Å²) in [5.74, 6) is 1.41. The van der Waals surface area contributed by atoms with Crippen LogP contribution < -0.4 is 0 Å². The molecule has 0 saturated carbocycles. The second kappa shape index (κ2) is 6.70. The fourth-order valence-electron chi connectivity index (χ4n) is 2.82. The van der Waals surface area contributed by atoms with Crippen LogP contribution in [0.15, 0.2) is 21.3 Å². The van der Waals surface area contributed by atoms with Crippen molar-refractivity contribution in [3.63, 3.8) is 0 Å². The highest BCUT2D eigenvalue weighted by Gasteiger charge is 2.31. The average molecular weight is 355 g/mol. The van der Waals surface area contributed by atoms with Gasteiger partial charge in [0, 0.05) is 30.5 Å². The van der Waals surface area contributed by atoms with Crippen molar-refractivity contribution >= 4 is 21.4 Å². The Kier molecular flexibility index (Phi) is 4.84. The Balaban J connectivity index is 1.66. The van der Waals surface area contributed by atoms with Crippen LogP contribution in [0.3, 0.4) is 0 Å². The van der Waals surface area contributed by atoms with Crippen LogP contribution in [0.25, 0.3) is 11.4 Å². The highest BCUT2D eigenvalue weighted by atomic mass is 32.2. The Morgan fingerprint density at radius 2 is 2.30 bits per heavy atom. The van der Waals surface area contributed by atoms with Crippen LogP contribution in [0.4, 0.5) is 0 Å². The Bertz CT molecular complexity index is 738. The van der Waals surface area contributed by atoms with Crippen LogP contribution in [-0.4, -0.2) is 41.2 Å². The van der Waals surface area contributed by atoms with Gasteiger partial charge < -0.3 is 4.52 Å². The number of rotatable bonds is 5. The molecule has 1 unspecified atom stereocenters. The van der Waals surface area contributed by atoms with E-state index in [1.54, 1.807) is 29.5 Å². The molecule has 0 radical (unpaired) electrons. The zero-order chi connectivity index (χ0) is 16.4. The van der Waals surface area contributed by atoms with Gasteiger partial charge in [-0.2, -0.15) is 16.3 Å². The molecule has 0 aliphatic carbocycles. The molecule has 2 aromatic rings. The van der Waals surface area contributed by atoms with Gasteiger partial charge in [-0.1, -0.05) is 5.16 Å². The highest BCUT2D eigenvalue weighted by Crippen LogP contribution is 2.25. The molecule has 1 aliphatic rings. The molecule has 0 N–H and O–H groups in total. The van der Waals surface area contributed by atoms with Crippen molar-refractivity contribution < 1.29 is 12.9 Å². The number of aromatic nitrogens is 2. The SMILES string of the molecule is CC(C)S(=O)(=O)N1CCCC(Cc2nc(-c3ccsc3)no2)C1. The van der Waals surface area contributed by atoms with Crippen LogP contribution in [0.5, 0.6) is 0 Å². The van der Waals surface area contributed by atoms with Crippen LogP contribution in [0.2, 0.25) is 0 Å². The monoisotopic (exact) mass is 355 g/mol. The van der Waals surface area contributed by atoms with Gasteiger partial charge in [-0.05, 0) is 44.1 Å². The van der Waals surface area contributed by atoms with Gasteiger partial charge >= 0.3 is 0 Å². The Morgan fingerprint density at radius 3 is 3.00 bits per heavy atom. The summed E-state index contributed by atoms with van der Waals surface area (Å²) in [6.45, 7) is 4.60. The summed E-state index contributed by atoms with van der Waals surface area (Å²) in [6.07, 6.45) is 2.49. The summed E-state index contributed by atoms with van der Waals surface area (Å²) in [7, 11) is -3.19. The van der Waals surface area contributed by atoms with E-state index in [1.165, 1.54) is 0 Å². The Labute approximate surface area is 140 Å². The predicted molar refractivity (Wildman–Crippen MR) is 89.7 cm³/mol. The van der Waals surface area contributed by atoms with Gasteiger partial charge in [0.1, 0.15) is 0 Å². The van der Waals surface area contributed by atoms with Crippen molar-refractivity contribution in [2.75, 3.05) is 13.1 Å². The second-order valence-corrected chi connectivity index (χ2v) is 9.46. The van der Waals surface area contributed by atoms with E-state index in [2.05, 4.69) is 10.1 Å². The Hall–Kier alpha value is -1.25. The smallest absolute Gasteiger partial charge is 0.227 e. The van der Waals surface area contributed by atoms with Crippen molar-refractivity contribution in [2.24, 2.45) is 5.92 Å². The normalized spacial score (nSPS) is 20.2. The number of thiophene rings is 1. The number of hydrogen-bond acceptors (Lipinski definition) is 6. The van der Waals surface area contributed by atoms with E-state index in [0.717, 1.165) is 18.4 Å². The molecule has 3 heterocycles. The lowest BCUT2D eigenvalue weighted by Crippen LogP contribution is -2.43. The minimum Gasteiger partial charge on any atom is -0.339 e. The molecule has 0 bridgehead atoms. The number of hydrogen-bond donors (Lipinski definition) is 0. The summed E-state index contributed by atoms with van der Waals surface area (Å²) in [6, 6.07) is 1.96. The van der Waals surface area contributed by atoms with Crippen molar-refractivity contribution in [2.45, 2.75) is 38.4 Å². The summed E-state index contributed by atoms with van der Waals surface area (Å²) < 4.78 is 31.6. The quantitative estimate of drug-likeness (QED) is 0.824. The first-order valence-corrected chi connectivity index (χ1v) is 10.3. The van der Waals surface area contributed by atoms with Gasteiger partial charge in [-0.25, -0.2) is 12.7 Å². The molecule has 3 rings (SSSR count). The maximum absolute atomic E-state index is 12.3. The van der Waals surface area contributed by atoms with E-state index in [9.17, 15) is 8.42 Å². The third kappa shape index (κ3) is 3.64. The topological polar surface area (TPSA) is 76.3 Å². The number of piperidine rings is 1. The minimum atomic E-state index is -3.19. The first-order valence-electron chi connectivity index (χ1n) is 7.81. The molecule has 6 nitrogen and oxygen atoms in total. The molecule has 1 atom stereocenters. The third-order valence-corrected chi connectivity index (χ3v) is 7.07. The van der Waals surface area contributed by atoms with Crippen LogP contribution in [0, 0.1) is 5.92 Å². The summed E-state index contributed by atoms with van der Waals surface area (Å²) >= 11 is 1.59. The lowest BCUT2D eigenvalue weighted by molar-refractivity contribution is 0.246. The molecule has 8 heteroatoms. The lowest BCUT2D eigenvalue weighted by atomic mass is 9.96. The lowest BCUT2D eigenvalue weighted by Gasteiger charge is -2.32. The van der Waals surface area contributed by atoms with Gasteiger partial charge in [-0.15, -0.1) is 0 Å². The minimum absolute atomic E-state index is 0.230. The number of sulfonamides is 1. The molecule has 126 valence electrons. The fourth-order valence-corrected chi connectivity index (χ4v) is 4.85. The first-order chi connectivity index (χ1) is 11.0. The average Bonchev–Trinajstić information content (AvgIpc) is 3.18. The summed E-state index contributed by atoms with van der Waals surface area (Å²) in [4.78, 5) is 4.43. The van der Waals surface area contributed by atoms with Gasteiger partial charge in [0.05, 0.1) is 5.25 Å². The zero-order valence-electron chi connectivity index (χ0n) is 13.3. The van der Waals surface area contributed by atoms with E-state index < -0.39 is 10.0 Å². The van der Waals surface area contributed by atoms with E-state index in [0.29, 0.717) is 31.2 Å². The molecule has 23 heavy (non-hydrogen) atoms. The van der Waals surface area contributed by atoms with Crippen molar-refractivity contribution in [3.8, 4) is 11.4 Å². The fraction of sp³-hybridized carbons (Fsp3) is 0.600. The van der Waals surface area contributed by atoms with Crippen molar-refractivity contribution in [1.29, 1.82) is 0 Å². The van der Waals surface area contributed by atoms with E-state index >= 15 is 0 Å². The molecule has 0 spiro atoms. The summed E-state index contributed by atoms with van der Waals surface area (Å²) in [5.41, 5.74) is 0.956. The van der Waals surface area contributed by atoms with Gasteiger partial charge in [0.15, 0.2) is 0 Å². The van der Waals surface area contributed by atoms with Crippen LogP contribution >= 0.6 is 11.3 Å². The Morgan fingerprint density at radius 1 is 1.48 bits per heavy atom. The molecule has 1 aliphatic heterocycles. The van der Waals surface area contributed by atoms with E-state index in [4.69, 9.17) is 4.52 Å². The maximum Gasteiger partial charge on any atom is 0.227 e. The highest BCUT2D eigenvalue weighted by molar-refractivity contribution is 7.89. The van der Waals surface area contributed by atoms with Crippen molar-refractivity contribution in [1.82, 2.24) is 14.4 Å². The van der Waals surface area contributed by atoms with Gasteiger partial charge in [0.2, 0.25) is 21.7 Å². The molecule has 1 saturated heterocycles. The number of nitrogens with zero attached hydrogens (tertiary/aromatic N) is 3. The molecular formula is C15H21N3O3S2. The third-order valence-electron chi connectivity index (χ3n) is 4.15. The predicted octanol–water partition coefficient (Wildman–Crippen LogP) is 2.79. The standard InChI is InChI=1S/C15H21N3O3S2/c1-11(2)23(19,20)18-6-3-4-12(9-18)8-14-16-15(17-21-14)13-5-7-22-10-13/h5,7,10-12H,3-4,6,8-9H2,1-2H3. The second-order valence-electron chi connectivity index (χ2n) is 6.19. The van der Waals surface area contributed by atoms with Gasteiger partial charge in [0.25, 0.3) is 0 Å². The molecule has 0 amide bonds. The first kappa shape index (κ1) is 16.6.